The van der Waals surface area contributed by atoms with Gasteiger partial charge in [-0.05, 0) is 23.6 Å². The van der Waals surface area contributed by atoms with Crippen LogP contribution < -0.4 is 11.1 Å². The van der Waals surface area contributed by atoms with Crippen molar-refractivity contribution in [3.05, 3.63) is 42.1 Å². The predicted octanol–water partition coefficient (Wildman–Crippen LogP) is 2.30. The van der Waals surface area contributed by atoms with Crippen LogP contribution >= 0.6 is 0 Å². The van der Waals surface area contributed by atoms with Crippen LogP contribution in [-0.2, 0) is 0 Å². The Morgan fingerprint density at radius 2 is 2.11 bits per heavy atom. The highest BCUT2D eigenvalue weighted by molar-refractivity contribution is 5.99. The molecule has 0 atom stereocenters. The summed E-state index contributed by atoms with van der Waals surface area (Å²) in [5.41, 5.74) is 8.72. The maximum absolute atomic E-state index is 11.4. The van der Waals surface area contributed by atoms with E-state index in [9.17, 15) is 4.79 Å². The minimum Gasteiger partial charge on any atom is -0.374 e. The minimum absolute atomic E-state index is 0.451. The summed E-state index contributed by atoms with van der Waals surface area (Å²) >= 11 is 0. The average Bonchev–Trinajstić information content (AvgIpc) is 3.04. The summed E-state index contributed by atoms with van der Waals surface area (Å²) in [6.07, 6.45) is 1.90. The van der Waals surface area contributed by atoms with Gasteiger partial charge in [0.2, 0.25) is 0 Å². The number of rotatable bonds is 3. The van der Waals surface area contributed by atoms with Gasteiger partial charge < -0.3 is 21.0 Å². The number of nitrogens with one attached hydrogen (secondary N) is 3. The van der Waals surface area contributed by atoms with Crippen LogP contribution in [0.1, 0.15) is 10.4 Å². The smallest absolute Gasteiger partial charge is 0.252 e. The molecule has 5 nitrogen and oxygen atoms in total. The fourth-order valence-corrected chi connectivity index (χ4v) is 2.22. The molecule has 3 aromatic rings. The van der Waals surface area contributed by atoms with Crippen molar-refractivity contribution < 1.29 is 4.79 Å². The van der Waals surface area contributed by atoms with E-state index in [-0.39, 0.29) is 0 Å². The topological polar surface area (TPSA) is 86.7 Å². The standard InChI is InChI=1S/C14H14N4O/c1-16-14-10(13(15)19)7-12(18-14)9-3-2-8-4-5-17-11(8)6-9/h2-7,16-18H,1H3,(H2,15,19). The molecule has 3 rings (SSSR count). The van der Waals surface area contributed by atoms with E-state index in [0.29, 0.717) is 11.4 Å². The number of nitrogens with two attached hydrogens (primary N) is 1. The molecule has 0 radical (unpaired) electrons. The molecule has 96 valence electrons. The molecule has 5 heteroatoms. The second-order valence-electron chi connectivity index (χ2n) is 4.37. The molecule has 0 unspecified atom stereocenters. The lowest BCUT2D eigenvalue weighted by Gasteiger charge is -1.99. The number of carbonyl (C=O) groups excluding carboxylic acids is 1. The highest BCUT2D eigenvalue weighted by atomic mass is 16.1. The van der Waals surface area contributed by atoms with E-state index in [1.54, 1.807) is 13.1 Å². The van der Waals surface area contributed by atoms with Crippen molar-refractivity contribution >= 4 is 22.6 Å². The number of amides is 1. The third kappa shape index (κ3) is 1.85. The number of aromatic amines is 2. The van der Waals surface area contributed by atoms with Crippen LogP contribution in [0.25, 0.3) is 22.2 Å². The maximum Gasteiger partial charge on any atom is 0.252 e. The zero-order valence-electron chi connectivity index (χ0n) is 10.4. The predicted molar refractivity (Wildman–Crippen MR) is 76.2 cm³/mol. The van der Waals surface area contributed by atoms with Gasteiger partial charge in [-0.3, -0.25) is 4.79 Å². The Kier molecular flexibility index (Phi) is 2.52. The third-order valence-electron chi connectivity index (χ3n) is 3.20. The van der Waals surface area contributed by atoms with Gasteiger partial charge in [0.25, 0.3) is 5.91 Å². The van der Waals surface area contributed by atoms with Gasteiger partial charge in [0, 0.05) is 30.0 Å². The molecule has 2 aromatic heterocycles. The summed E-state index contributed by atoms with van der Waals surface area (Å²) < 4.78 is 0. The van der Waals surface area contributed by atoms with Crippen molar-refractivity contribution in [1.29, 1.82) is 0 Å². The fourth-order valence-electron chi connectivity index (χ4n) is 2.22. The number of anilines is 1. The summed E-state index contributed by atoms with van der Waals surface area (Å²) in [6.45, 7) is 0. The van der Waals surface area contributed by atoms with Gasteiger partial charge in [0.1, 0.15) is 5.82 Å². The Labute approximate surface area is 109 Å². The molecule has 0 aliphatic heterocycles. The maximum atomic E-state index is 11.4. The van der Waals surface area contributed by atoms with Crippen LogP contribution in [0.2, 0.25) is 0 Å². The van der Waals surface area contributed by atoms with Crippen molar-refractivity contribution in [2.75, 3.05) is 12.4 Å². The van der Waals surface area contributed by atoms with Gasteiger partial charge in [-0.15, -0.1) is 0 Å². The van der Waals surface area contributed by atoms with Crippen LogP contribution in [0, 0.1) is 0 Å². The Balaban J connectivity index is 2.12. The Morgan fingerprint density at radius 3 is 2.79 bits per heavy atom. The van der Waals surface area contributed by atoms with Gasteiger partial charge in [0.15, 0.2) is 0 Å². The van der Waals surface area contributed by atoms with Gasteiger partial charge in [0.05, 0.1) is 5.56 Å². The van der Waals surface area contributed by atoms with Crippen LogP contribution in [0.15, 0.2) is 36.5 Å². The lowest BCUT2D eigenvalue weighted by atomic mass is 10.1. The minimum atomic E-state index is -0.451. The lowest BCUT2D eigenvalue weighted by Crippen LogP contribution is -2.11. The molecule has 0 aliphatic rings. The first-order valence-corrected chi connectivity index (χ1v) is 5.97. The van der Waals surface area contributed by atoms with Crippen LogP contribution in [0.5, 0.6) is 0 Å². The van der Waals surface area contributed by atoms with Crippen LogP contribution in [-0.4, -0.2) is 22.9 Å². The molecule has 0 saturated carbocycles. The van der Waals surface area contributed by atoms with Gasteiger partial charge in [-0.25, -0.2) is 0 Å². The van der Waals surface area contributed by atoms with E-state index in [1.807, 2.05) is 30.5 Å². The fraction of sp³-hybridized carbons (Fsp3) is 0.0714. The number of carbonyl (C=O) groups is 1. The van der Waals surface area contributed by atoms with E-state index in [1.165, 1.54) is 0 Å². The van der Waals surface area contributed by atoms with Gasteiger partial charge in [-0.1, -0.05) is 12.1 Å². The average molecular weight is 254 g/mol. The first-order valence-electron chi connectivity index (χ1n) is 5.97. The number of aromatic nitrogens is 2. The third-order valence-corrected chi connectivity index (χ3v) is 3.20. The SMILES string of the molecule is CNc1[nH]c(-c2ccc3cc[nH]c3c2)cc1C(N)=O. The van der Waals surface area contributed by atoms with E-state index in [2.05, 4.69) is 15.3 Å². The normalized spacial score (nSPS) is 10.8. The molecule has 0 saturated heterocycles. The molecule has 0 bridgehead atoms. The van der Waals surface area contributed by atoms with Crippen molar-refractivity contribution in [3.8, 4) is 11.3 Å². The Morgan fingerprint density at radius 1 is 1.26 bits per heavy atom. The summed E-state index contributed by atoms with van der Waals surface area (Å²) in [4.78, 5) is 17.7. The molecule has 0 fully saturated rings. The molecular formula is C14H14N4O. The molecule has 19 heavy (non-hydrogen) atoms. The van der Waals surface area contributed by atoms with E-state index in [4.69, 9.17) is 5.73 Å². The van der Waals surface area contributed by atoms with Gasteiger partial charge >= 0.3 is 0 Å². The van der Waals surface area contributed by atoms with Gasteiger partial charge in [-0.2, -0.15) is 0 Å². The molecular weight excluding hydrogens is 240 g/mol. The summed E-state index contributed by atoms with van der Waals surface area (Å²) in [6, 6.07) is 9.85. The second-order valence-corrected chi connectivity index (χ2v) is 4.37. The van der Waals surface area contributed by atoms with Crippen LogP contribution in [0.4, 0.5) is 5.82 Å². The number of fused-ring (bicyclic) bond motifs is 1. The summed E-state index contributed by atoms with van der Waals surface area (Å²) in [5, 5.41) is 4.09. The monoisotopic (exact) mass is 254 g/mol. The van der Waals surface area contributed by atoms with E-state index in [0.717, 1.165) is 22.2 Å². The number of H-pyrrole nitrogens is 2. The molecule has 0 aliphatic carbocycles. The number of hydrogen-bond acceptors (Lipinski definition) is 2. The number of primary amides is 1. The Bertz CT molecular complexity index is 754. The van der Waals surface area contributed by atoms with Crippen molar-refractivity contribution in [3.63, 3.8) is 0 Å². The van der Waals surface area contributed by atoms with E-state index < -0.39 is 5.91 Å². The van der Waals surface area contributed by atoms with Crippen LogP contribution in [0.3, 0.4) is 0 Å². The molecule has 5 N–H and O–H groups in total. The second kappa shape index (κ2) is 4.20. The van der Waals surface area contributed by atoms with E-state index >= 15 is 0 Å². The molecule has 1 amide bonds. The molecule has 2 heterocycles. The van der Waals surface area contributed by atoms with Crippen molar-refractivity contribution in [2.45, 2.75) is 0 Å². The molecule has 0 spiro atoms. The summed E-state index contributed by atoms with van der Waals surface area (Å²) in [7, 11) is 1.75. The zero-order chi connectivity index (χ0) is 13.4. The lowest BCUT2D eigenvalue weighted by molar-refractivity contribution is 0.100. The first-order chi connectivity index (χ1) is 9.19. The Hall–Kier alpha value is -2.69. The largest absolute Gasteiger partial charge is 0.374 e. The first kappa shape index (κ1) is 11.4. The summed E-state index contributed by atoms with van der Waals surface area (Å²) in [5.74, 6) is 0.182. The zero-order valence-corrected chi connectivity index (χ0v) is 10.4. The highest BCUT2D eigenvalue weighted by Crippen LogP contribution is 2.27. The van der Waals surface area contributed by atoms with Crippen molar-refractivity contribution in [2.24, 2.45) is 5.73 Å². The number of benzene rings is 1. The highest BCUT2D eigenvalue weighted by Gasteiger charge is 2.13. The number of hydrogen-bond donors (Lipinski definition) is 4. The van der Waals surface area contributed by atoms with Crippen molar-refractivity contribution in [1.82, 2.24) is 9.97 Å². The molecule has 1 aromatic carbocycles. The quantitative estimate of drug-likeness (QED) is 0.578.